The summed E-state index contributed by atoms with van der Waals surface area (Å²) in [6.07, 6.45) is 0. The predicted octanol–water partition coefficient (Wildman–Crippen LogP) is 2.88. The van der Waals surface area contributed by atoms with Crippen LogP contribution in [0.4, 0.5) is 0 Å². The summed E-state index contributed by atoms with van der Waals surface area (Å²) in [6.45, 7) is 5.02. The molecular formula is C15H17NO3. The molecule has 4 nitrogen and oxygen atoms in total. The lowest BCUT2D eigenvalue weighted by Gasteiger charge is -2.03. The van der Waals surface area contributed by atoms with E-state index in [0.717, 1.165) is 6.54 Å². The van der Waals surface area contributed by atoms with Crippen molar-refractivity contribution in [2.75, 3.05) is 0 Å². The quantitative estimate of drug-likeness (QED) is 0.866. The predicted molar refractivity (Wildman–Crippen MR) is 72.1 cm³/mol. The standard InChI is InChI=1S/C15H17NO3/c1-10-3-5-12(6-4-10)8-16-9-13-7-11(2)14(19-13)15(17)18/h3-7,16H,8-9H2,1-2H3,(H,17,18). The summed E-state index contributed by atoms with van der Waals surface area (Å²) < 4.78 is 5.27. The zero-order chi connectivity index (χ0) is 13.8. The lowest BCUT2D eigenvalue weighted by molar-refractivity contribution is 0.0659. The highest BCUT2D eigenvalue weighted by Crippen LogP contribution is 2.14. The molecule has 0 aliphatic heterocycles. The number of nitrogens with one attached hydrogen (secondary N) is 1. The van der Waals surface area contributed by atoms with Crippen LogP contribution in [0.1, 0.15) is 33.0 Å². The van der Waals surface area contributed by atoms with Crippen molar-refractivity contribution < 1.29 is 14.3 Å². The Morgan fingerprint density at radius 3 is 2.47 bits per heavy atom. The van der Waals surface area contributed by atoms with Crippen molar-refractivity contribution in [3.05, 3.63) is 58.5 Å². The van der Waals surface area contributed by atoms with Crippen LogP contribution in [0.2, 0.25) is 0 Å². The van der Waals surface area contributed by atoms with Crippen molar-refractivity contribution in [2.45, 2.75) is 26.9 Å². The van der Waals surface area contributed by atoms with Crippen LogP contribution >= 0.6 is 0 Å². The molecule has 0 atom stereocenters. The van der Waals surface area contributed by atoms with E-state index >= 15 is 0 Å². The van der Waals surface area contributed by atoms with Crippen LogP contribution in [0.5, 0.6) is 0 Å². The number of carboxylic acids is 1. The van der Waals surface area contributed by atoms with Crippen LogP contribution in [0.3, 0.4) is 0 Å². The van der Waals surface area contributed by atoms with Crippen molar-refractivity contribution in [1.82, 2.24) is 5.32 Å². The van der Waals surface area contributed by atoms with Gasteiger partial charge in [-0.05, 0) is 25.5 Å². The average molecular weight is 259 g/mol. The van der Waals surface area contributed by atoms with Crippen LogP contribution < -0.4 is 5.32 Å². The minimum atomic E-state index is -1.03. The number of hydrogen-bond donors (Lipinski definition) is 2. The molecule has 0 radical (unpaired) electrons. The molecule has 0 unspecified atom stereocenters. The fourth-order valence-electron chi connectivity index (χ4n) is 1.88. The number of carbonyl (C=O) groups is 1. The van der Waals surface area contributed by atoms with Crippen molar-refractivity contribution >= 4 is 5.97 Å². The van der Waals surface area contributed by atoms with Crippen LogP contribution in [0, 0.1) is 13.8 Å². The first kappa shape index (κ1) is 13.4. The van der Waals surface area contributed by atoms with Gasteiger partial charge in [-0.2, -0.15) is 0 Å². The van der Waals surface area contributed by atoms with Gasteiger partial charge in [0.25, 0.3) is 0 Å². The SMILES string of the molecule is Cc1ccc(CNCc2cc(C)c(C(=O)O)o2)cc1. The lowest BCUT2D eigenvalue weighted by atomic mass is 10.1. The van der Waals surface area contributed by atoms with E-state index in [1.807, 2.05) is 0 Å². The van der Waals surface area contributed by atoms with Crippen molar-refractivity contribution in [2.24, 2.45) is 0 Å². The van der Waals surface area contributed by atoms with Gasteiger partial charge in [-0.25, -0.2) is 4.79 Å². The summed E-state index contributed by atoms with van der Waals surface area (Å²) in [4.78, 5) is 10.8. The molecular weight excluding hydrogens is 242 g/mol. The van der Waals surface area contributed by atoms with Gasteiger partial charge in [0, 0.05) is 12.1 Å². The molecule has 100 valence electrons. The van der Waals surface area contributed by atoms with Crippen molar-refractivity contribution in [1.29, 1.82) is 0 Å². The molecule has 0 spiro atoms. The third-order valence-corrected chi connectivity index (χ3v) is 2.91. The summed E-state index contributed by atoms with van der Waals surface area (Å²) in [5, 5.41) is 12.1. The van der Waals surface area contributed by atoms with E-state index in [4.69, 9.17) is 9.52 Å². The molecule has 1 heterocycles. The number of rotatable bonds is 5. The molecule has 0 fully saturated rings. The lowest BCUT2D eigenvalue weighted by Crippen LogP contribution is -2.12. The maximum Gasteiger partial charge on any atom is 0.372 e. The molecule has 0 saturated heterocycles. The number of carboxylic acid groups (broad SMARTS) is 1. The first-order chi connectivity index (χ1) is 9.06. The summed E-state index contributed by atoms with van der Waals surface area (Å²) in [5.74, 6) is -0.364. The Balaban J connectivity index is 1.90. The number of benzene rings is 1. The minimum Gasteiger partial charge on any atom is -0.475 e. The largest absolute Gasteiger partial charge is 0.475 e. The van der Waals surface area contributed by atoms with E-state index in [1.54, 1.807) is 13.0 Å². The van der Waals surface area contributed by atoms with E-state index in [2.05, 4.69) is 36.5 Å². The molecule has 0 aliphatic rings. The summed E-state index contributed by atoms with van der Waals surface area (Å²) in [6, 6.07) is 10.0. The van der Waals surface area contributed by atoms with Crippen molar-refractivity contribution in [3.8, 4) is 0 Å². The van der Waals surface area contributed by atoms with Gasteiger partial charge < -0.3 is 14.8 Å². The third-order valence-electron chi connectivity index (χ3n) is 2.91. The minimum absolute atomic E-state index is 0.0205. The van der Waals surface area contributed by atoms with Crippen LogP contribution in [-0.4, -0.2) is 11.1 Å². The normalized spacial score (nSPS) is 10.6. The molecule has 0 saturated carbocycles. The molecule has 2 N–H and O–H groups in total. The maximum absolute atomic E-state index is 10.8. The molecule has 4 heteroatoms. The van der Waals surface area contributed by atoms with Crippen LogP contribution in [0.25, 0.3) is 0 Å². The molecule has 0 bridgehead atoms. The van der Waals surface area contributed by atoms with Gasteiger partial charge in [0.15, 0.2) is 0 Å². The Hall–Kier alpha value is -2.07. The van der Waals surface area contributed by atoms with Gasteiger partial charge in [-0.3, -0.25) is 0 Å². The zero-order valence-corrected chi connectivity index (χ0v) is 11.1. The Morgan fingerprint density at radius 1 is 1.21 bits per heavy atom. The van der Waals surface area contributed by atoms with Crippen LogP contribution in [-0.2, 0) is 13.1 Å². The molecule has 2 aromatic rings. The average Bonchev–Trinajstić information content (AvgIpc) is 2.73. The van der Waals surface area contributed by atoms with E-state index in [9.17, 15) is 4.79 Å². The monoisotopic (exact) mass is 259 g/mol. The second-order valence-electron chi connectivity index (χ2n) is 4.62. The Bertz CT molecular complexity index is 570. The van der Waals surface area contributed by atoms with Crippen LogP contribution in [0.15, 0.2) is 34.7 Å². The fourth-order valence-corrected chi connectivity index (χ4v) is 1.88. The summed E-state index contributed by atoms with van der Waals surface area (Å²) >= 11 is 0. The second-order valence-corrected chi connectivity index (χ2v) is 4.62. The number of aryl methyl sites for hydroxylation is 2. The smallest absolute Gasteiger partial charge is 0.372 e. The number of hydrogen-bond acceptors (Lipinski definition) is 3. The van der Waals surface area contributed by atoms with E-state index in [0.29, 0.717) is 17.9 Å². The summed E-state index contributed by atoms with van der Waals surface area (Å²) in [5.41, 5.74) is 3.07. The van der Waals surface area contributed by atoms with Crippen molar-refractivity contribution in [3.63, 3.8) is 0 Å². The number of furan rings is 1. The number of aromatic carboxylic acids is 1. The van der Waals surface area contributed by atoms with Gasteiger partial charge in [0.1, 0.15) is 5.76 Å². The topological polar surface area (TPSA) is 62.5 Å². The Kier molecular flexibility index (Phi) is 4.02. The highest BCUT2D eigenvalue weighted by atomic mass is 16.4. The van der Waals surface area contributed by atoms with Gasteiger partial charge in [-0.15, -0.1) is 0 Å². The highest BCUT2D eigenvalue weighted by Gasteiger charge is 2.13. The molecule has 1 aromatic carbocycles. The van der Waals surface area contributed by atoms with E-state index < -0.39 is 5.97 Å². The molecule has 19 heavy (non-hydrogen) atoms. The van der Waals surface area contributed by atoms with Gasteiger partial charge in [0.2, 0.25) is 5.76 Å². The van der Waals surface area contributed by atoms with E-state index in [-0.39, 0.29) is 5.76 Å². The first-order valence-electron chi connectivity index (χ1n) is 6.15. The zero-order valence-electron chi connectivity index (χ0n) is 11.1. The maximum atomic E-state index is 10.8. The Morgan fingerprint density at radius 2 is 1.89 bits per heavy atom. The summed E-state index contributed by atoms with van der Waals surface area (Å²) in [7, 11) is 0. The third kappa shape index (κ3) is 3.45. The first-order valence-corrected chi connectivity index (χ1v) is 6.15. The molecule has 0 aliphatic carbocycles. The molecule has 1 aromatic heterocycles. The van der Waals surface area contributed by atoms with Gasteiger partial charge >= 0.3 is 5.97 Å². The van der Waals surface area contributed by atoms with Gasteiger partial charge in [-0.1, -0.05) is 29.8 Å². The second kappa shape index (κ2) is 5.71. The van der Waals surface area contributed by atoms with Gasteiger partial charge in [0.05, 0.1) is 6.54 Å². The van der Waals surface area contributed by atoms with E-state index in [1.165, 1.54) is 11.1 Å². The highest BCUT2D eigenvalue weighted by molar-refractivity contribution is 5.86. The molecule has 0 amide bonds. The fraction of sp³-hybridized carbons (Fsp3) is 0.267. The Labute approximate surface area is 112 Å². The molecule has 2 rings (SSSR count).